The average Bonchev–Trinajstić information content (AvgIpc) is 2.62. The molecule has 1 aromatic carbocycles. The fraction of sp³-hybridized carbons (Fsp3) is 0.526. The molecule has 3 rings (SSSR count). The summed E-state index contributed by atoms with van der Waals surface area (Å²) in [6.45, 7) is 5.74. The highest BCUT2D eigenvalue weighted by Gasteiger charge is 2.41. The molecule has 0 radical (unpaired) electrons. The van der Waals surface area contributed by atoms with Gasteiger partial charge in [-0.3, -0.25) is 14.9 Å². The molecule has 25 heavy (non-hydrogen) atoms. The van der Waals surface area contributed by atoms with E-state index in [4.69, 9.17) is 9.73 Å². The second kappa shape index (κ2) is 7.68. The summed E-state index contributed by atoms with van der Waals surface area (Å²) in [7, 11) is 0. The maximum atomic E-state index is 12.7. The van der Waals surface area contributed by atoms with Crippen molar-refractivity contribution in [1.82, 2.24) is 10.2 Å². The first-order chi connectivity index (χ1) is 12.1. The molecule has 0 spiro atoms. The Morgan fingerprint density at radius 2 is 1.92 bits per heavy atom. The van der Waals surface area contributed by atoms with Crippen molar-refractivity contribution in [3.63, 3.8) is 0 Å². The first-order valence-corrected chi connectivity index (χ1v) is 8.97. The predicted octanol–water partition coefficient (Wildman–Crippen LogP) is 2.19. The topological polar surface area (TPSA) is 71.0 Å². The summed E-state index contributed by atoms with van der Waals surface area (Å²) in [5, 5.41) is 2.82. The highest BCUT2D eigenvalue weighted by Crippen LogP contribution is 2.31. The van der Waals surface area contributed by atoms with Gasteiger partial charge >= 0.3 is 5.97 Å². The van der Waals surface area contributed by atoms with Crippen LogP contribution in [0.5, 0.6) is 0 Å². The van der Waals surface area contributed by atoms with E-state index in [1.807, 2.05) is 31.2 Å². The van der Waals surface area contributed by atoms with E-state index in [1.54, 1.807) is 6.92 Å². The van der Waals surface area contributed by atoms with Gasteiger partial charge in [-0.05, 0) is 38.7 Å². The molecule has 0 aromatic heterocycles. The molecule has 0 bridgehead atoms. The van der Waals surface area contributed by atoms with Crippen molar-refractivity contribution in [3.8, 4) is 0 Å². The van der Waals surface area contributed by atoms with Gasteiger partial charge in [-0.15, -0.1) is 0 Å². The van der Waals surface area contributed by atoms with E-state index in [0.29, 0.717) is 5.96 Å². The zero-order valence-corrected chi connectivity index (χ0v) is 14.8. The van der Waals surface area contributed by atoms with E-state index in [9.17, 15) is 9.59 Å². The van der Waals surface area contributed by atoms with E-state index >= 15 is 0 Å². The van der Waals surface area contributed by atoms with Gasteiger partial charge < -0.3 is 9.64 Å². The zero-order valence-electron chi connectivity index (χ0n) is 14.8. The van der Waals surface area contributed by atoms with Crippen molar-refractivity contribution in [2.45, 2.75) is 39.2 Å². The molecule has 2 aliphatic heterocycles. The lowest BCUT2D eigenvalue weighted by Gasteiger charge is -2.35. The number of esters is 1. The lowest BCUT2D eigenvalue weighted by Crippen LogP contribution is -2.53. The number of piperidine rings is 1. The van der Waals surface area contributed by atoms with Gasteiger partial charge in [0.25, 0.3) is 0 Å². The lowest BCUT2D eigenvalue weighted by atomic mass is 9.91. The second-order valence-corrected chi connectivity index (χ2v) is 6.57. The number of hydrogen-bond acceptors (Lipinski definition) is 5. The predicted molar refractivity (Wildman–Crippen MR) is 95.0 cm³/mol. The van der Waals surface area contributed by atoms with Crippen molar-refractivity contribution in [2.24, 2.45) is 10.9 Å². The summed E-state index contributed by atoms with van der Waals surface area (Å²) in [5.41, 5.74) is 1.98. The van der Waals surface area contributed by atoms with Crippen LogP contribution in [0.3, 0.4) is 0 Å². The van der Waals surface area contributed by atoms with Crippen LogP contribution in [-0.4, -0.2) is 42.4 Å². The first kappa shape index (κ1) is 17.5. The Balaban J connectivity index is 1.95. The molecule has 134 valence electrons. The zero-order chi connectivity index (χ0) is 17.8. The quantitative estimate of drug-likeness (QED) is 0.675. The van der Waals surface area contributed by atoms with Gasteiger partial charge in [0.2, 0.25) is 11.9 Å². The minimum atomic E-state index is -0.948. The van der Waals surface area contributed by atoms with Gasteiger partial charge in [-0.2, -0.15) is 0 Å². The van der Waals surface area contributed by atoms with E-state index in [2.05, 4.69) is 10.2 Å². The second-order valence-electron chi connectivity index (χ2n) is 6.57. The highest BCUT2D eigenvalue weighted by molar-refractivity contribution is 6.08. The molecule has 2 heterocycles. The largest absolute Gasteiger partial charge is 0.465 e. The Morgan fingerprint density at radius 3 is 2.56 bits per heavy atom. The van der Waals surface area contributed by atoms with Crippen LogP contribution < -0.4 is 5.32 Å². The van der Waals surface area contributed by atoms with Gasteiger partial charge in [-0.1, -0.05) is 29.8 Å². The minimum absolute atomic E-state index is 0.242. The molecule has 6 nitrogen and oxygen atoms in total. The van der Waals surface area contributed by atoms with Crippen LogP contribution in [0.2, 0.25) is 0 Å². The minimum Gasteiger partial charge on any atom is -0.465 e. The summed E-state index contributed by atoms with van der Waals surface area (Å²) < 4.78 is 5.13. The van der Waals surface area contributed by atoms with Crippen LogP contribution in [0, 0.1) is 12.8 Å². The lowest BCUT2D eigenvalue weighted by molar-refractivity contribution is -0.153. The van der Waals surface area contributed by atoms with Gasteiger partial charge in [-0.25, -0.2) is 4.99 Å². The summed E-state index contributed by atoms with van der Waals surface area (Å²) in [6.07, 6.45) is 3.38. The summed E-state index contributed by atoms with van der Waals surface area (Å²) >= 11 is 0. The number of carbonyl (C=O) groups is 2. The fourth-order valence-corrected chi connectivity index (χ4v) is 3.33. The van der Waals surface area contributed by atoms with Crippen molar-refractivity contribution in [3.05, 3.63) is 35.4 Å². The Labute approximate surface area is 148 Å². The molecule has 0 aliphatic carbocycles. The van der Waals surface area contributed by atoms with Crippen molar-refractivity contribution >= 4 is 17.8 Å². The third-order valence-electron chi connectivity index (χ3n) is 4.71. The van der Waals surface area contributed by atoms with Crippen molar-refractivity contribution in [1.29, 1.82) is 0 Å². The first-order valence-electron chi connectivity index (χ1n) is 8.97. The van der Waals surface area contributed by atoms with Gasteiger partial charge in [0.05, 0.1) is 6.61 Å². The van der Waals surface area contributed by atoms with Crippen molar-refractivity contribution in [2.75, 3.05) is 19.7 Å². The molecular weight excluding hydrogens is 318 g/mol. The third-order valence-corrected chi connectivity index (χ3v) is 4.71. The molecule has 6 heteroatoms. The molecule has 1 N–H and O–H groups in total. The van der Waals surface area contributed by atoms with Gasteiger partial charge in [0, 0.05) is 13.1 Å². The standard InChI is InChI=1S/C19H25N3O3/c1-3-25-18(24)15-16(14-9-7-13(2)8-10-14)20-19(21-17(15)23)22-11-5-4-6-12-22/h7-10,15-16H,3-6,11-12H2,1-2H3,(H,20,21,23)/t15-,16-/m1/s1. The molecule has 1 aromatic rings. The van der Waals surface area contributed by atoms with E-state index in [0.717, 1.165) is 37.1 Å². The number of aliphatic imine (C=N–C) groups is 1. The van der Waals surface area contributed by atoms with E-state index in [1.165, 1.54) is 6.42 Å². The molecule has 2 aliphatic rings. The molecule has 0 unspecified atom stereocenters. The number of nitrogens with one attached hydrogen (secondary N) is 1. The number of nitrogens with zero attached hydrogens (tertiary/aromatic N) is 2. The Kier molecular flexibility index (Phi) is 5.36. The number of aryl methyl sites for hydroxylation is 1. The fourth-order valence-electron chi connectivity index (χ4n) is 3.33. The van der Waals surface area contributed by atoms with Gasteiger partial charge in [0.15, 0.2) is 5.92 Å². The number of hydrogen-bond donors (Lipinski definition) is 1. The van der Waals surface area contributed by atoms with E-state index in [-0.39, 0.29) is 12.5 Å². The molecule has 1 amide bonds. The monoisotopic (exact) mass is 343 g/mol. The molecule has 1 saturated heterocycles. The summed E-state index contributed by atoms with van der Waals surface area (Å²) in [6, 6.07) is 7.26. The number of likely N-dealkylation sites (tertiary alicyclic amines) is 1. The smallest absolute Gasteiger partial charge is 0.321 e. The number of carbonyl (C=O) groups excluding carboxylic acids is 2. The molecular formula is C19H25N3O3. The van der Waals surface area contributed by atoms with Crippen LogP contribution in [0.1, 0.15) is 43.4 Å². The Bertz CT molecular complexity index is 663. The summed E-state index contributed by atoms with van der Waals surface area (Å²) in [4.78, 5) is 31.9. The van der Waals surface area contributed by atoms with Crippen LogP contribution >= 0.6 is 0 Å². The number of ether oxygens (including phenoxy) is 1. The van der Waals surface area contributed by atoms with E-state index < -0.39 is 17.9 Å². The van der Waals surface area contributed by atoms with Crippen LogP contribution in [0.15, 0.2) is 29.3 Å². The Hall–Kier alpha value is -2.37. The number of benzene rings is 1. The summed E-state index contributed by atoms with van der Waals surface area (Å²) in [5.74, 6) is -1.22. The van der Waals surface area contributed by atoms with Crippen LogP contribution in [0.4, 0.5) is 0 Å². The van der Waals surface area contributed by atoms with Gasteiger partial charge in [0.1, 0.15) is 6.04 Å². The Morgan fingerprint density at radius 1 is 1.24 bits per heavy atom. The van der Waals surface area contributed by atoms with Crippen molar-refractivity contribution < 1.29 is 14.3 Å². The normalized spacial score (nSPS) is 23.7. The molecule has 1 fully saturated rings. The third kappa shape index (κ3) is 3.83. The van der Waals surface area contributed by atoms with Crippen LogP contribution in [-0.2, 0) is 14.3 Å². The maximum Gasteiger partial charge on any atom is 0.321 e. The number of guanidine groups is 1. The van der Waals surface area contributed by atoms with Crippen LogP contribution in [0.25, 0.3) is 0 Å². The number of amides is 1. The average molecular weight is 343 g/mol. The number of rotatable bonds is 3. The maximum absolute atomic E-state index is 12.7. The SMILES string of the molecule is CCOC(=O)[C@H]1C(=O)NC(N2CCCCC2)=N[C@@H]1c1ccc(C)cc1. The highest BCUT2D eigenvalue weighted by atomic mass is 16.5. The molecule has 2 atom stereocenters. The molecule has 0 saturated carbocycles.